The van der Waals surface area contributed by atoms with Crippen molar-refractivity contribution < 1.29 is 4.74 Å². The van der Waals surface area contributed by atoms with Crippen molar-refractivity contribution in [3.63, 3.8) is 0 Å². The Hall–Kier alpha value is -0.770. The number of rotatable bonds is 6. The molecular weight excluding hydrogens is 236 g/mol. The number of hydrogen-bond donors (Lipinski definition) is 2. The lowest BCUT2D eigenvalue weighted by Crippen LogP contribution is -2.28. The summed E-state index contributed by atoms with van der Waals surface area (Å²) in [5.41, 5.74) is 7.15. The summed E-state index contributed by atoms with van der Waals surface area (Å²) < 4.78 is 5.39. The van der Waals surface area contributed by atoms with Crippen LogP contribution in [-0.2, 0) is 0 Å². The molecule has 2 rings (SSSR count). The van der Waals surface area contributed by atoms with E-state index in [9.17, 15) is 0 Å². The van der Waals surface area contributed by atoms with Gasteiger partial charge in [0.1, 0.15) is 5.75 Å². The van der Waals surface area contributed by atoms with Crippen molar-refractivity contribution in [3.05, 3.63) is 28.8 Å². The van der Waals surface area contributed by atoms with Crippen LogP contribution in [0.3, 0.4) is 0 Å². The molecule has 3 nitrogen and oxygen atoms in total. The molecule has 0 bridgehead atoms. The fraction of sp³-hybridized carbons (Fsp3) is 0.538. The second-order valence-corrected chi connectivity index (χ2v) is 4.82. The van der Waals surface area contributed by atoms with Crippen molar-refractivity contribution in [3.8, 4) is 5.75 Å². The lowest BCUT2D eigenvalue weighted by atomic mass is 10.1. The molecule has 1 aromatic carbocycles. The first-order valence-corrected chi connectivity index (χ1v) is 6.49. The molecule has 0 spiro atoms. The Morgan fingerprint density at radius 3 is 2.88 bits per heavy atom. The van der Waals surface area contributed by atoms with E-state index < -0.39 is 0 Å². The zero-order chi connectivity index (χ0) is 12.3. The molecule has 1 aromatic rings. The van der Waals surface area contributed by atoms with Gasteiger partial charge in [0.25, 0.3) is 0 Å². The molecule has 1 atom stereocenters. The molecule has 1 unspecified atom stereocenters. The van der Waals surface area contributed by atoms with E-state index >= 15 is 0 Å². The number of ether oxygens (including phenoxy) is 1. The van der Waals surface area contributed by atoms with Crippen LogP contribution in [0, 0.1) is 0 Å². The molecule has 1 fully saturated rings. The summed E-state index contributed by atoms with van der Waals surface area (Å²) in [5, 5.41) is 4.05. The molecule has 0 saturated heterocycles. The summed E-state index contributed by atoms with van der Waals surface area (Å²) in [6.45, 7) is 3.36. The lowest BCUT2D eigenvalue weighted by molar-refractivity contribution is 0.340. The molecule has 94 valence electrons. The molecule has 0 heterocycles. The Balaban J connectivity index is 1.96. The molecule has 0 aromatic heterocycles. The Bertz CT molecular complexity index is 380. The van der Waals surface area contributed by atoms with E-state index in [1.807, 2.05) is 25.1 Å². The minimum absolute atomic E-state index is 0.0104. The zero-order valence-corrected chi connectivity index (χ0v) is 10.8. The second kappa shape index (κ2) is 5.71. The van der Waals surface area contributed by atoms with E-state index in [1.54, 1.807) is 0 Å². The fourth-order valence-electron chi connectivity index (χ4n) is 1.72. The molecule has 1 aliphatic carbocycles. The zero-order valence-electron chi connectivity index (χ0n) is 10.1. The highest BCUT2D eigenvalue weighted by atomic mass is 35.5. The molecular formula is C13H19ClN2O. The van der Waals surface area contributed by atoms with Crippen molar-refractivity contribution in [2.75, 3.05) is 13.2 Å². The van der Waals surface area contributed by atoms with Crippen LogP contribution in [0.15, 0.2) is 18.2 Å². The Morgan fingerprint density at radius 1 is 1.53 bits per heavy atom. The van der Waals surface area contributed by atoms with Crippen LogP contribution in [0.4, 0.5) is 0 Å². The Kier molecular flexibility index (Phi) is 4.26. The van der Waals surface area contributed by atoms with Gasteiger partial charge in [0.15, 0.2) is 0 Å². The van der Waals surface area contributed by atoms with Crippen molar-refractivity contribution in [2.24, 2.45) is 5.73 Å². The molecule has 0 aliphatic heterocycles. The minimum atomic E-state index is -0.0104. The van der Waals surface area contributed by atoms with Gasteiger partial charge in [0.05, 0.1) is 11.6 Å². The average molecular weight is 255 g/mol. The van der Waals surface area contributed by atoms with Gasteiger partial charge in [0, 0.05) is 18.6 Å². The van der Waals surface area contributed by atoms with Gasteiger partial charge in [0.2, 0.25) is 0 Å². The lowest BCUT2D eigenvalue weighted by Gasteiger charge is -2.14. The van der Waals surface area contributed by atoms with Crippen LogP contribution in [0.2, 0.25) is 5.02 Å². The Morgan fingerprint density at radius 2 is 2.29 bits per heavy atom. The molecule has 4 heteroatoms. The largest absolute Gasteiger partial charge is 0.492 e. The van der Waals surface area contributed by atoms with E-state index in [2.05, 4.69) is 5.32 Å². The van der Waals surface area contributed by atoms with Crippen LogP contribution in [0.1, 0.15) is 31.4 Å². The second-order valence-electron chi connectivity index (χ2n) is 4.41. The average Bonchev–Trinajstić information content (AvgIpc) is 3.13. The number of halogens is 1. The van der Waals surface area contributed by atoms with Crippen molar-refractivity contribution in [1.82, 2.24) is 5.32 Å². The normalized spacial score (nSPS) is 16.9. The van der Waals surface area contributed by atoms with Crippen LogP contribution in [0.25, 0.3) is 0 Å². The third kappa shape index (κ3) is 3.60. The Labute approximate surface area is 107 Å². The van der Waals surface area contributed by atoms with Gasteiger partial charge in [-0.3, -0.25) is 0 Å². The quantitative estimate of drug-likeness (QED) is 0.820. The van der Waals surface area contributed by atoms with Gasteiger partial charge in [-0.15, -0.1) is 0 Å². The number of benzene rings is 1. The van der Waals surface area contributed by atoms with Crippen LogP contribution in [0.5, 0.6) is 5.75 Å². The monoisotopic (exact) mass is 254 g/mol. The van der Waals surface area contributed by atoms with E-state index in [1.165, 1.54) is 12.8 Å². The van der Waals surface area contributed by atoms with Gasteiger partial charge in [-0.05, 0) is 37.5 Å². The summed E-state index contributed by atoms with van der Waals surface area (Å²) in [5.74, 6) is 0.722. The third-order valence-corrected chi connectivity index (χ3v) is 3.18. The van der Waals surface area contributed by atoms with Gasteiger partial charge in [-0.2, -0.15) is 0 Å². The van der Waals surface area contributed by atoms with Gasteiger partial charge in [-0.25, -0.2) is 0 Å². The van der Waals surface area contributed by atoms with Crippen molar-refractivity contribution in [2.45, 2.75) is 31.8 Å². The minimum Gasteiger partial charge on any atom is -0.492 e. The van der Waals surface area contributed by atoms with E-state index in [4.69, 9.17) is 22.1 Å². The van der Waals surface area contributed by atoms with Gasteiger partial charge in [-0.1, -0.05) is 17.7 Å². The molecule has 1 saturated carbocycles. The maximum Gasteiger partial charge on any atom is 0.137 e. The first-order chi connectivity index (χ1) is 8.20. The van der Waals surface area contributed by atoms with Crippen molar-refractivity contribution in [1.29, 1.82) is 0 Å². The highest BCUT2D eigenvalue weighted by Gasteiger charge is 2.21. The summed E-state index contributed by atoms with van der Waals surface area (Å²) in [7, 11) is 0. The predicted molar refractivity (Wildman–Crippen MR) is 70.6 cm³/mol. The number of hydrogen-bond acceptors (Lipinski definition) is 3. The first-order valence-electron chi connectivity index (χ1n) is 6.12. The van der Waals surface area contributed by atoms with Gasteiger partial charge < -0.3 is 15.8 Å². The third-order valence-electron chi connectivity index (χ3n) is 2.89. The fourth-order valence-corrected chi connectivity index (χ4v) is 1.96. The smallest absolute Gasteiger partial charge is 0.137 e. The number of nitrogens with two attached hydrogens (primary N) is 1. The summed E-state index contributed by atoms with van der Waals surface area (Å²) in [6.07, 6.45) is 2.55. The van der Waals surface area contributed by atoms with Crippen molar-refractivity contribution >= 4 is 11.6 Å². The molecule has 3 N–H and O–H groups in total. The molecule has 1 aliphatic rings. The van der Waals surface area contributed by atoms with E-state index in [0.29, 0.717) is 17.7 Å². The summed E-state index contributed by atoms with van der Waals surface area (Å²) in [6, 6.07) is 6.43. The summed E-state index contributed by atoms with van der Waals surface area (Å²) in [4.78, 5) is 0. The standard InChI is InChI=1S/C13H19ClN2O/c1-2-17-13-6-3-9(7-11(13)14)12(15)8-16-10-4-5-10/h3,6-7,10,12,16H,2,4-5,8,15H2,1H3. The predicted octanol–water partition coefficient (Wildman–Crippen LogP) is 2.49. The highest BCUT2D eigenvalue weighted by molar-refractivity contribution is 6.32. The topological polar surface area (TPSA) is 47.3 Å². The number of nitrogens with one attached hydrogen (secondary N) is 1. The van der Waals surface area contributed by atoms with E-state index in [-0.39, 0.29) is 6.04 Å². The summed E-state index contributed by atoms with van der Waals surface area (Å²) >= 11 is 6.13. The molecule has 0 amide bonds. The van der Waals surface area contributed by atoms with Crippen LogP contribution in [-0.4, -0.2) is 19.2 Å². The maximum atomic E-state index is 6.13. The maximum absolute atomic E-state index is 6.13. The first kappa shape index (κ1) is 12.7. The van der Waals surface area contributed by atoms with E-state index in [0.717, 1.165) is 17.9 Å². The molecule has 0 radical (unpaired) electrons. The van der Waals surface area contributed by atoms with Gasteiger partial charge >= 0.3 is 0 Å². The van der Waals surface area contributed by atoms with Crippen LogP contribution >= 0.6 is 11.6 Å². The SMILES string of the molecule is CCOc1ccc(C(N)CNC2CC2)cc1Cl. The highest BCUT2D eigenvalue weighted by Crippen LogP contribution is 2.27. The van der Waals surface area contributed by atoms with Crippen LogP contribution < -0.4 is 15.8 Å². The molecule has 17 heavy (non-hydrogen) atoms.